The largest absolute Gasteiger partial charge is 0.390 e. The quantitative estimate of drug-likeness (QED) is 0.403. The fraction of sp³-hybridized carbons (Fsp3) is 0.318. The van der Waals surface area contributed by atoms with Crippen molar-refractivity contribution in [3.05, 3.63) is 65.5 Å². The number of piperidine rings is 1. The third kappa shape index (κ3) is 4.15. The lowest BCUT2D eigenvalue weighted by Crippen LogP contribution is -2.57. The molecule has 2 unspecified atom stereocenters. The molecule has 0 saturated carbocycles. The lowest BCUT2D eigenvalue weighted by molar-refractivity contribution is -0.0327. The molecule has 0 radical (unpaired) electrons. The minimum atomic E-state index is -1.07. The molecule has 10 nitrogen and oxygen atoms in total. The molecule has 10 heteroatoms. The van der Waals surface area contributed by atoms with Gasteiger partial charge in [0.25, 0.3) is 0 Å². The zero-order valence-electron chi connectivity index (χ0n) is 17.7. The van der Waals surface area contributed by atoms with Crippen LogP contribution in [0.15, 0.2) is 59.4 Å². The number of hydrogen-bond acceptors (Lipinski definition) is 7. The number of urea groups is 1. The number of allylic oxidation sites excluding steroid dienone is 1. The number of anilines is 1. The molecule has 1 aromatic heterocycles. The highest BCUT2D eigenvalue weighted by Gasteiger charge is 2.45. The third-order valence-electron chi connectivity index (χ3n) is 5.84. The third-order valence-corrected chi connectivity index (χ3v) is 5.84. The van der Waals surface area contributed by atoms with Crippen molar-refractivity contribution in [1.82, 2.24) is 20.4 Å². The van der Waals surface area contributed by atoms with Crippen LogP contribution in [0.3, 0.4) is 0 Å². The van der Waals surface area contributed by atoms with Crippen LogP contribution in [0.1, 0.15) is 11.1 Å². The average molecular weight is 438 g/mol. The predicted molar refractivity (Wildman–Crippen MR) is 121 cm³/mol. The summed E-state index contributed by atoms with van der Waals surface area (Å²) in [5.41, 5.74) is 13.9. The van der Waals surface area contributed by atoms with Crippen LogP contribution in [0.4, 0.5) is 16.3 Å². The number of aliphatic imine (C=N–C) groups is 1. The lowest BCUT2D eigenvalue weighted by atomic mass is 9.71. The number of nitrogens with one attached hydrogen (secondary N) is 2. The number of rotatable bonds is 4. The van der Waals surface area contributed by atoms with E-state index < -0.39 is 23.7 Å². The summed E-state index contributed by atoms with van der Waals surface area (Å²) in [5, 5.41) is 30.9. The van der Waals surface area contributed by atoms with E-state index >= 15 is 0 Å². The van der Waals surface area contributed by atoms with E-state index in [2.05, 4.69) is 20.7 Å². The van der Waals surface area contributed by atoms with Crippen LogP contribution in [-0.4, -0.2) is 57.0 Å². The van der Waals surface area contributed by atoms with E-state index in [1.807, 2.05) is 31.2 Å². The van der Waals surface area contributed by atoms with Gasteiger partial charge in [0.2, 0.25) is 0 Å². The van der Waals surface area contributed by atoms with Gasteiger partial charge < -0.3 is 32.3 Å². The summed E-state index contributed by atoms with van der Waals surface area (Å²) in [6.07, 6.45) is 4.69. The molecule has 1 aromatic carbocycles. The maximum Gasteiger partial charge on any atom is 0.316 e. The van der Waals surface area contributed by atoms with Crippen LogP contribution >= 0.6 is 0 Å². The maximum atomic E-state index is 11.6. The molecule has 2 atom stereocenters. The van der Waals surface area contributed by atoms with E-state index in [0.29, 0.717) is 36.9 Å². The molecule has 1 saturated heterocycles. The molecule has 32 heavy (non-hydrogen) atoms. The average Bonchev–Trinajstić information content (AvgIpc) is 3.08. The second kappa shape index (κ2) is 8.58. The Morgan fingerprint density at radius 1 is 1.31 bits per heavy atom. The van der Waals surface area contributed by atoms with Crippen LogP contribution in [0.25, 0.3) is 0 Å². The van der Waals surface area contributed by atoms with Crippen LogP contribution in [-0.2, 0) is 6.54 Å². The number of amides is 2. The predicted octanol–water partition coefficient (Wildman–Crippen LogP) is 0.328. The number of carbonyl (C=O) groups is 1. The number of aromatic nitrogens is 2. The normalized spacial score (nSPS) is 26.3. The van der Waals surface area contributed by atoms with Gasteiger partial charge >= 0.3 is 6.03 Å². The van der Waals surface area contributed by atoms with Crippen molar-refractivity contribution >= 4 is 23.2 Å². The van der Waals surface area contributed by atoms with Crippen molar-refractivity contribution < 1.29 is 15.0 Å². The molecule has 1 fully saturated rings. The molecule has 2 amide bonds. The van der Waals surface area contributed by atoms with E-state index in [-0.39, 0.29) is 5.70 Å². The van der Waals surface area contributed by atoms with Gasteiger partial charge in [0.1, 0.15) is 11.5 Å². The summed E-state index contributed by atoms with van der Waals surface area (Å²) >= 11 is 0. The molecule has 8 N–H and O–H groups in total. The van der Waals surface area contributed by atoms with Crippen LogP contribution in [0, 0.1) is 12.3 Å². The van der Waals surface area contributed by atoms with Gasteiger partial charge in [-0.2, -0.15) is 5.10 Å². The van der Waals surface area contributed by atoms with Crippen molar-refractivity contribution in [3.8, 4) is 0 Å². The van der Waals surface area contributed by atoms with E-state index in [1.54, 1.807) is 29.1 Å². The molecule has 2 aliphatic rings. The number of hydrogen-bond donors (Lipinski definition) is 6. The minimum Gasteiger partial charge on any atom is -0.390 e. The smallest absolute Gasteiger partial charge is 0.316 e. The zero-order valence-corrected chi connectivity index (χ0v) is 17.7. The van der Waals surface area contributed by atoms with Gasteiger partial charge in [-0.3, -0.25) is 0 Å². The number of benzene rings is 1. The SMILES string of the molecule is Cc1ccc(Cn2ncc(N=C3C=CC4(C=C3NC(N)=O)C(O)CNCC4O)c2N)cc1. The minimum absolute atomic E-state index is 0.283. The summed E-state index contributed by atoms with van der Waals surface area (Å²) < 4.78 is 1.64. The number of primary amides is 1. The molecular formula is C22H27N7O3. The first-order valence-electron chi connectivity index (χ1n) is 10.3. The van der Waals surface area contributed by atoms with Gasteiger partial charge in [-0.15, -0.1) is 0 Å². The highest BCUT2D eigenvalue weighted by Crippen LogP contribution is 2.37. The van der Waals surface area contributed by atoms with Crippen LogP contribution in [0.2, 0.25) is 0 Å². The topological polar surface area (TPSA) is 164 Å². The Morgan fingerprint density at radius 3 is 2.66 bits per heavy atom. The Balaban J connectivity index is 1.65. The van der Waals surface area contributed by atoms with Gasteiger partial charge in [-0.05, 0) is 24.6 Å². The number of aliphatic hydroxyl groups is 2. The zero-order chi connectivity index (χ0) is 22.9. The molecular weight excluding hydrogens is 410 g/mol. The highest BCUT2D eigenvalue weighted by molar-refractivity contribution is 6.12. The van der Waals surface area contributed by atoms with E-state index in [9.17, 15) is 15.0 Å². The summed E-state index contributed by atoms with van der Waals surface area (Å²) in [6.45, 7) is 3.11. The number of nitrogens with zero attached hydrogens (tertiary/aromatic N) is 3. The summed E-state index contributed by atoms with van der Waals surface area (Å²) in [5.74, 6) is 0.368. The number of carbonyl (C=O) groups excluding carboxylic acids is 1. The van der Waals surface area contributed by atoms with Crippen molar-refractivity contribution in [1.29, 1.82) is 0 Å². The van der Waals surface area contributed by atoms with E-state index in [4.69, 9.17) is 11.5 Å². The van der Waals surface area contributed by atoms with Gasteiger partial charge in [0.05, 0.1) is 41.8 Å². The fourth-order valence-electron chi connectivity index (χ4n) is 3.96. The molecule has 0 bridgehead atoms. The first-order chi connectivity index (χ1) is 15.3. The van der Waals surface area contributed by atoms with Gasteiger partial charge in [-0.25, -0.2) is 14.5 Å². The van der Waals surface area contributed by atoms with Crippen LogP contribution < -0.4 is 22.1 Å². The van der Waals surface area contributed by atoms with Gasteiger partial charge in [0.15, 0.2) is 0 Å². The van der Waals surface area contributed by atoms with Crippen molar-refractivity contribution in [2.24, 2.45) is 16.1 Å². The molecule has 168 valence electrons. The monoisotopic (exact) mass is 437 g/mol. The van der Waals surface area contributed by atoms with E-state index in [1.165, 1.54) is 5.56 Å². The molecule has 1 aliphatic heterocycles. The highest BCUT2D eigenvalue weighted by atomic mass is 16.3. The number of aryl methyl sites for hydroxylation is 1. The molecule has 2 heterocycles. The summed E-state index contributed by atoms with van der Waals surface area (Å²) in [4.78, 5) is 16.2. The number of nitrogens with two attached hydrogens (primary N) is 2. The standard InChI is InChI=1S/C22H27N7O3/c1-13-2-4-14(5-3-13)12-29-20(23)17(9-26-29)27-15-6-7-22(8-16(15)28-21(24)32)18(30)10-25-11-19(22)31/h2-9,18-19,25,30-31H,10-12,23H2,1H3,(H3,24,28,32). The van der Waals surface area contributed by atoms with Gasteiger partial charge in [0, 0.05) is 13.1 Å². The number of β-amino-alcohol motifs (C(OH)–C–C–N with tert-alkyl or cyclic N) is 2. The Morgan fingerprint density at radius 2 is 2.00 bits per heavy atom. The fourth-order valence-corrected chi connectivity index (χ4v) is 3.96. The Hall–Kier alpha value is -3.47. The molecule has 1 spiro atoms. The Labute approximate surface area is 185 Å². The van der Waals surface area contributed by atoms with Crippen molar-refractivity contribution in [2.45, 2.75) is 25.7 Å². The molecule has 4 rings (SSSR count). The van der Waals surface area contributed by atoms with Crippen LogP contribution in [0.5, 0.6) is 0 Å². The number of aliphatic hydroxyl groups excluding tert-OH is 2. The molecule has 2 aromatic rings. The Bertz CT molecular complexity index is 1090. The first kappa shape index (κ1) is 21.8. The maximum absolute atomic E-state index is 11.6. The van der Waals surface area contributed by atoms with Crippen molar-refractivity contribution in [3.63, 3.8) is 0 Å². The second-order valence-electron chi connectivity index (χ2n) is 8.13. The second-order valence-corrected chi connectivity index (χ2v) is 8.13. The summed E-state index contributed by atoms with van der Waals surface area (Å²) in [7, 11) is 0. The van der Waals surface area contributed by atoms with E-state index in [0.717, 1.165) is 5.56 Å². The van der Waals surface area contributed by atoms with Gasteiger partial charge in [-0.1, -0.05) is 35.9 Å². The number of nitrogen functional groups attached to an aromatic ring is 1. The summed E-state index contributed by atoms with van der Waals surface area (Å²) in [6, 6.07) is 7.29. The van der Waals surface area contributed by atoms with Crippen molar-refractivity contribution in [2.75, 3.05) is 18.8 Å². The lowest BCUT2D eigenvalue weighted by Gasteiger charge is -2.43. The first-order valence-corrected chi connectivity index (χ1v) is 10.3. The molecule has 1 aliphatic carbocycles. The Kier molecular flexibility index (Phi) is 5.83.